The molecule has 0 N–H and O–H groups in total. The average molecular weight is 234 g/mol. The molecule has 1 aromatic carbocycles. The second kappa shape index (κ2) is 3.47. The van der Waals surface area contributed by atoms with E-state index in [1.165, 1.54) is 0 Å². The fourth-order valence-electron chi connectivity index (χ4n) is 2.38. The molecule has 3 aromatic heterocycles. The second-order valence-corrected chi connectivity index (χ2v) is 4.18. The minimum atomic E-state index is 0.843. The van der Waals surface area contributed by atoms with E-state index in [4.69, 9.17) is 4.42 Å². The largest absolute Gasteiger partial charge is 0.447 e. The number of para-hydroxylation sites is 1. The zero-order valence-corrected chi connectivity index (χ0v) is 9.58. The molecule has 0 bridgehead atoms. The third-order valence-corrected chi connectivity index (χ3v) is 3.15. The minimum absolute atomic E-state index is 0.843. The number of hydrogen-bond donors (Lipinski definition) is 0. The van der Waals surface area contributed by atoms with Gasteiger partial charge in [-0.2, -0.15) is 0 Å². The van der Waals surface area contributed by atoms with Crippen LogP contribution in [0.25, 0.3) is 27.8 Å². The van der Waals surface area contributed by atoms with E-state index in [9.17, 15) is 0 Å². The lowest BCUT2D eigenvalue weighted by Crippen LogP contribution is -1.93. The van der Waals surface area contributed by atoms with Gasteiger partial charge >= 0.3 is 0 Å². The fourth-order valence-corrected chi connectivity index (χ4v) is 2.38. The molecule has 0 saturated heterocycles. The van der Waals surface area contributed by atoms with Gasteiger partial charge in [0.15, 0.2) is 0 Å². The number of fused-ring (bicyclic) bond motifs is 3. The van der Waals surface area contributed by atoms with Crippen LogP contribution >= 0.6 is 0 Å². The number of nitrogens with zero attached hydrogens (tertiary/aromatic N) is 2. The lowest BCUT2D eigenvalue weighted by Gasteiger charge is -2.03. The zero-order chi connectivity index (χ0) is 11.9. The number of hydrogen-bond acceptors (Lipinski definition) is 2. The van der Waals surface area contributed by atoms with E-state index in [0.29, 0.717) is 0 Å². The summed E-state index contributed by atoms with van der Waals surface area (Å²) in [5.41, 5.74) is 2.83. The molecule has 0 spiro atoms. The van der Waals surface area contributed by atoms with Gasteiger partial charge in [0.2, 0.25) is 5.71 Å². The summed E-state index contributed by atoms with van der Waals surface area (Å²) in [7, 11) is 0. The van der Waals surface area contributed by atoms with Gasteiger partial charge in [0.05, 0.1) is 12.0 Å². The Labute approximate surface area is 103 Å². The smallest absolute Gasteiger partial charge is 0.213 e. The van der Waals surface area contributed by atoms with E-state index in [1.54, 1.807) is 12.5 Å². The summed E-state index contributed by atoms with van der Waals surface area (Å²) < 4.78 is 7.66. The van der Waals surface area contributed by atoms with Crippen molar-refractivity contribution in [1.29, 1.82) is 0 Å². The van der Waals surface area contributed by atoms with Crippen molar-refractivity contribution < 1.29 is 4.42 Å². The van der Waals surface area contributed by atoms with Gasteiger partial charge in [-0.3, -0.25) is 4.57 Å². The fraction of sp³-hybridized carbons (Fsp3) is 0. The van der Waals surface area contributed by atoms with Crippen molar-refractivity contribution in [3.63, 3.8) is 0 Å². The van der Waals surface area contributed by atoms with Crippen molar-refractivity contribution in [1.82, 2.24) is 9.55 Å². The molecule has 0 amide bonds. The molecular formula is C15H10N2O. The molecule has 4 aromatic rings. The Morgan fingerprint density at radius 2 is 1.78 bits per heavy atom. The molecular weight excluding hydrogens is 224 g/mol. The molecule has 86 valence electrons. The van der Waals surface area contributed by atoms with Crippen molar-refractivity contribution >= 4 is 22.1 Å². The highest BCUT2D eigenvalue weighted by Gasteiger charge is 2.14. The van der Waals surface area contributed by atoms with Crippen molar-refractivity contribution in [3.05, 3.63) is 61.0 Å². The van der Waals surface area contributed by atoms with Gasteiger partial charge < -0.3 is 4.42 Å². The maximum absolute atomic E-state index is 5.61. The molecule has 3 nitrogen and oxygen atoms in total. The predicted octanol–water partition coefficient (Wildman–Crippen LogP) is 3.77. The highest BCUT2D eigenvalue weighted by molar-refractivity contribution is 6.05. The van der Waals surface area contributed by atoms with Gasteiger partial charge in [-0.25, -0.2) is 4.98 Å². The Hall–Kier alpha value is -2.55. The zero-order valence-electron chi connectivity index (χ0n) is 9.58. The number of pyridine rings is 1. The molecule has 0 saturated carbocycles. The first-order valence-corrected chi connectivity index (χ1v) is 5.83. The Bertz CT molecular complexity index is 827. The number of aromatic nitrogens is 2. The third-order valence-electron chi connectivity index (χ3n) is 3.15. The molecule has 0 atom stereocenters. The van der Waals surface area contributed by atoms with Crippen molar-refractivity contribution in [2.24, 2.45) is 0 Å². The van der Waals surface area contributed by atoms with Crippen LogP contribution in [0.2, 0.25) is 0 Å². The minimum Gasteiger partial charge on any atom is -0.447 e. The van der Waals surface area contributed by atoms with Gasteiger partial charge in [-0.05, 0) is 30.3 Å². The summed E-state index contributed by atoms with van der Waals surface area (Å²) in [5.74, 6) is 0. The van der Waals surface area contributed by atoms with Crippen LogP contribution in [-0.2, 0) is 0 Å². The Morgan fingerprint density at radius 1 is 0.889 bits per heavy atom. The van der Waals surface area contributed by atoms with Gasteiger partial charge in [-0.15, -0.1) is 0 Å². The highest BCUT2D eigenvalue weighted by atomic mass is 16.3. The molecule has 0 aliphatic carbocycles. The number of rotatable bonds is 1. The van der Waals surface area contributed by atoms with Gasteiger partial charge in [-0.1, -0.05) is 18.2 Å². The molecule has 0 radical (unpaired) electrons. The van der Waals surface area contributed by atoms with Crippen LogP contribution in [0.3, 0.4) is 0 Å². The van der Waals surface area contributed by atoms with Crippen LogP contribution in [0.4, 0.5) is 0 Å². The van der Waals surface area contributed by atoms with E-state index >= 15 is 0 Å². The Kier molecular flexibility index (Phi) is 1.83. The first-order chi connectivity index (χ1) is 8.95. The standard InChI is InChI=1S/C15H10N2O/c1-2-5-11(6-3-1)17-14-12(7-4-9-16-14)13-8-10-18-15(13)17/h1-10H. The molecule has 3 heterocycles. The lowest BCUT2D eigenvalue weighted by molar-refractivity contribution is 0.595. The van der Waals surface area contributed by atoms with Crippen LogP contribution in [0.5, 0.6) is 0 Å². The summed E-state index contributed by atoms with van der Waals surface area (Å²) in [4.78, 5) is 4.47. The topological polar surface area (TPSA) is 31.0 Å². The first-order valence-electron chi connectivity index (χ1n) is 5.83. The maximum atomic E-state index is 5.61. The summed E-state index contributed by atoms with van der Waals surface area (Å²) in [6.07, 6.45) is 3.52. The summed E-state index contributed by atoms with van der Waals surface area (Å²) >= 11 is 0. The number of furan rings is 1. The maximum Gasteiger partial charge on any atom is 0.213 e. The Morgan fingerprint density at radius 3 is 2.67 bits per heavy atom. The van der Waals surface area contributed by atoms with Gasteiger partial charge in [0.25, 0.3) is 0 Å². The monoisotopic (exact) mass is 234 g/mol. The summed E-state index contributed by atoms with van der Waals surface area (Å²) in [6.45, 7) is 0. The SMILES string of the molecule is c1ccc(-n2c3ncccc3c3ccoc32)cc1. The second-order valence-electron chi connectivity index (χ2n) is 4.18. The summed E-state index contributed by atoms with van der Waals surface area (Å²) in [6, 6.07) is 16.1. The molecule has 18 heavy (non-hydrogen) atoms. The summed E-state index contributed by atoms with van der Waals surface area (Å²) in [5, 5.41) is 2.21. The molecule has 0 unspecified atom stereocenters. The predicted molar refractivity (Wildman–Crippen MR) is 70.8 cm³/mol. The molecule has 3 heteroatoms. The van der Waals surface area contributed by atoms with Crippen LogP contribution in [0.1, 0.15) is 0 Å². The van der Waals surface area contributed by atoms with Crippen molar-refractivity contribution in [3.8, 4) is 5.69 Å². The van der Waals surface area contributed by atoms with E-state index in [-0.39, 0.29) is 0 Å². The van der Waals surface area contributed by atoms with Gasteiger partial charge in [0, 0.05) is 17.0 Å². The van der Waals surface area contributed by atoms with E-state index in [2.05, 4.69) is 23.2 Å². The average Bonchev–Trinajstić information content (AvgIpc) is 2.99. The van der Waals surface area contributed by atoms with Crippen molar-refractivity contribution in [2.45, 2.75) is 0 Å². The van der Waals surface area contributed by atoms with E-state index in [0.717, 1.165) is 27.8 Å². The molecule has 0 fully saturated rings. The normalized spacial score (nSPS) is 11.3. The molecule has 0 aliphatic heterocycles. The quantitative estimate of drug-likeness (QED) is 0.502. The van der Waals surface area contributed by atoms with Crippen LogP contribution < -0.4 is 0 Å². The first kappa shape index (κ1) is 9.48. The number of benzene rings is 1. The van der Waals surface area contributed by atoms with Crippen LogP contribution in [-0.4, -0.2) is 9.55 Å². The van der Waals surface area contributed by atoms with E-state index < -0.39 is 0 Å². The third kappa shape index (κ3) is 1.16. The molecule has 0 aliphatic rings. The Balaban J connectivity index is 2.22. The highest BCUT2D eigenvalue weighted by Crippen LogP contribution is 2.30. The van der Waals surface area contributed by atoms with E-state index in [1.807, 2.05) is 34.9 Å². The lowest BCUT2D eigenvalue weighted by atomic mass is 10.3. The van der Waals surface area contributed by atoms with Crippen molar-refractivity contribution in [2.75, 3.05) is 0 Å². The molecule has 4 rings (SSSR count). The van der Waals surface area contributed by atoms with Crippen LogP contribution in [0.15, 0.2) is 65.4 Å². The van der Waals surface area contributed by atoms with Gasteiger partial charge in [0.1, 0.15) is 5.65 Å². The van der Waals surface area contributed by atoms with Crippen LogP contribution in [0, 0.1) is 0 Å².